The van der Waals surface area contributed by atoms with Gasteiger partial charge in [-0.25, -0.2) is 0 Å². The fourth-order valence-electron chi connectivity index (χ4n) is 4.56. The number of nitrogens with zero attached hydrogens (tertiary/aromatic N) is 3. The molecule has 29 heavy (non-hydrogen) atoms. The summed E-state index contributed by atoms with van der Waals surface area (Å²) in [4.78, 5) is 15.4. The van der Waals surface area contributed by atoms with E-state index in [0.717, 1.165) is 55.0 Å². The van der Waals surface area contributed by atoms with Gasteiger partial charge in [0.15, 0.2) is 0 Å². The van der Waals surface area contributed by atoms with E-state index in [1.807, 2.05) is 39.1 Å². The van der Waals surface area contributed by atoms with Crippen molar-refractivity contribution in [3.63, 3.8) is 0 Å². The third kappa shape index (κ3) is 3.83. The van der Waals surface area contributed by atoms with E-state index < -0.39 is 0 Å². The van der Waals surface area contributed by atoms with Gasteiger partial charge in [0.2, 0.25) is 0 Å². The Labute approximate surface area is 172 Å². The molecule has 4 rings (SSSR count). The quantitative estimate of drug-likeness (QED) is 0.858. The second kappa shape index (κ2) is 8.06. The van der Waals surface area contributed by atoms with Crippen LogP contribution in [0.3, 0.4) is 0 Å². The number of hydrogen-bond acceptors (Lipinski definition) is 5. The molecule has 1 amide bonds. The number of benzene rings is 1. The minimum absolute atomic E-state index is 0.0294. The van der Waals surface area contributed by atoms with Gasteiger partial charge in [0.1, 0.15) is 11.4 Å². The molecule has 1 saturated heterocycles. The number of aryl methyl sites for hydroxylation is 1. The van der Waals surface area contributed by atoms with Crippen LogP contribution in [-0.2, 0) is 18.2 Å². The van der Waals surface area contributed by atoms with Crippen molar-refractivity contribution in [2.45, 2.75) is 51.4 Å². The molecule has 0 bridgehead atoms. The summed E-state index contributed by atoms with van der Waals surface area (Å²) in [7, 11) is 3.54. The molecule has 0 aliphatic carbocycles. The summed E-state index contributed by atoms with van der Waals surface area (Å²) in [6.45, 7) is 5.81. The lowest BCUT2D eigenvalue weighted by molar-refractivity contribution is -0.00710. The summed E-state index contributed by atoms with van der Waals surface area (Å²) in [5.74, 6) is 0.861. The van der Waals surface area contributed by atoms with Crippen molar-refractivity contribution < 1.29 is 14.3 Å². The molecule has 0 unspecified atom stereocenters. The molecule has 3 heterocycles. The number of aromatic nitrogens is 2. The van der Waals surface area contributed by atoms with Gasteiger partial charge in [0.25, 0.3) is 5.91 Å². The molecule has 1 aromatic carbocycles. The van der Waals surface area contributed by atoms with Crippen LogP contribution in [0.1, 0.15) is 54.5 Å². The Hall–Kier alpha value is -2.54. The van der Waals surface area contributed by atoms with Crippen LogP contribution < -0.4 is 15.0 Å². The lowest BCUT2D eigenvalue weighted by Crippen LogP contribution is -2.45. The lowest BCUT2D eigenvalue weighted by Gasteiger charge is -2.34. The third-order valence-corrected chi connectivity index (χ3v) is 5.96. The maximum absolute atomic E-state index is 13.1. The maximum atomic E-state index is 13.1. The zero-order chi connectivity index (χ0) is 20.5. The van der Waals surface area contributed by atoms with Gasteiger partial charge in [-0.05, 0) is 38.8 Å². The number of fused-ring (bicyclic) bond motifs is 1. The molecular weight excluding hydrogens is 368 g/mol. The molecule has 1 N–H and O–H groups in total. The normalized spacial score (nSPS) is 22.3. The number of carbonyl (C=O) groups excluding carboxylic acids is 1. The highest BCUT2D eigenvalue weighted by atomic mass is 16.5. The van der Waals surface area contributed by atoms with Crippen molar-refractivity contribution in [2.24, 2.45) is 7.05 Å². The van der Waals surface area contributed by atoms with Gasteiger partial charge in [-0.1, -0.05) is 12.1 Å². The van der Waals surface area contributed by atoms with Crippen molar-refractivity contribution in [1.82, 2.24) is 15.1 Å². The molecule has 7 nitrogen and oxygen atoms in total. The van der Waals surface area contributed by atoms with E-state index in [1.54, 1.807) is 11.8 Å². The first kappa shape index (κ1) is 19.8. The van der Waals surface area contributed by atoms with Crippen LogP contribution in [0.5, 0.6) is 5.75 Å². The van der Waals surface area contributed by atoms with Crippen LogP contribution >= 0.6 is 0 Å². The smallest absolute Gasteiger partial charge is 0.270 e. The number of methoxy groups -OCH3 is 1. The van der Waals surface area contributed by atoms with E-state index in [0.29, 0.717) is 5.69 Å². The third-order valence-electron chi connectivity index (χ3n) is 5.96. The molecule has 1 fully saturated rings. The van der Waals surface area contributed by atoms with Crippen molar-refractivity contribution in [3.8, 4) is 5.75 Å². The Morgan fingerprint density at radius 2 is 1.97 bits per heavy atom. The highest BCUT2D eigenvalue weighted by Crippen LogP contribution is 2.32. The van der Waals surface area contributed by atoms with E-state index >= 15 is 0 Å². The van der Waals surface area contributed by atoms with E-state index in [-0.39, 0.29) is 24.2 Å². The second-order valence-corrected chi connectivity index (χ2v) is 8.04. The number of anilines is 1. The van der Waals surface area contributed by atoms with Gasteiger partial charge < -0.3 is 19.7 Å². The predicted molar refractivity (Wildman–Crippen MR) is 112 cm³/mol. The number of carbonyl (C=O) groups is 1. The first-order valence-electron chi connectivity index (χ1n) is 10.4. The fraction of sp³-hybridized carbons (Fsp3) is 0.545. The molecular formula is C22H30N4O3. The van der Waals surface area contributed by atoms with Gasteiger partial charge in [0.05, 0.1) is 30.7 Å². The first-order valence-corrected chi connectivity index (χ1v) is 10.4. The first-order chi connectivity index (χ1) is 14.0. The molecule has 2 aromatic rings. The Kier molecular flexibility index (Phi) is 5.50. The molecule has 2 atom stereocenters. The van der Waals surface area contributed by atoms with Crippen LogP contribution in [-0.4, -0.2) is 48.0 Å². The lowest BCUT2D eigenvalue weighted by atomic mass is 9.98. The average molecular weight is 399 g/mol. The fourth-order valence-corrected chi connectivity index (χ4v) is 4.56. The summed E-state index contributed by atoms with van der Waals surface area (Å²) in [5, 5.41) is 7.80. The number of piperidine rings is 1. The van der Waals surface area contributed by atoms with E-state index in [2.05, 4.69) is 21.4 Å². The number of amides is 1. The monoisotopic (exact) mass is 398 g/mol. The Bertz CT molecular complexity index is 886. The van der Waals surface area contributed by atoms with Crippen LogP contribution in [0.25, 0.3) is 0 Å². The van der Waals surface area contributed by atoms with Crippen molar-refractivity contribution in [3.05, 3.63) is 41.2 Å². The topological polar surface area (TPSA) is 68.6 Å². The van der Waals surface area contributed by atoms with Crippen molar-refractivity contribution in [1.29, 1.82) is 0 Å². The van der Waals surface area contributed by atoms with E-state index in [9.17, 15) is 4.79 Å². The second-order valence-electron chi connectivity index (χ2n) is 8.04. The van der Waals surface area contributed by atoms with Gasteiger partial charge in [-0.15, -0.1) is 0 Å². The van der Waals surface area contributed by atoms with Gasteiger partial charge in [-0.2, -0.15) is 5.10 Å². The zero-order valence-electron chi connectivity index (χ0n) is 17.6. The Morgan fingerprint density at radius 1 is 1.24 bits per heavy atom. The highest BCUT2D eigenvalue weighted by molar-refractivity contribution is 5.94. The minimum Gasteiger partial charge on any atom is -0.495 e. The number of rotatable bonds is 4. The molecule has 1 aromatic heterocycles. The van der Waals surface area contributed by atoms with Crippen LogP contribution in [0, 0.1) is 0 Å². The Balaban J connectivity index is 1.42. The molecule has 156 valence electrons. The number of hydrogen-bond donors (Lipinski definition) is 1. The molecule has 2 aliphatic heterocycles. The van der Waals surface area contributed by atoms with Crippen LogP contribution in [0.2, 0.25) is 0 Å². The average Bonchev–Trinajstić information content (AvgIpc) is 3.05. The van der Waals surface area contributed by atoms with Gasteiger partial charge >= 0.3 is 0 Å². The predicted octanol–water partition coefficient (Wildman–Crippen LogP) is 2.85. The van der Waals surface area contributed by atoms with E-state index in [4.69, 9.17) is 9.47 Å². The largest absolute Gasteiger partial charge is 0.495 e. The molecule has 0 spiro atoms. The molecule has 0 saturated carbocycles. The van der Waals surface area contributed by atoms with Crippen molar-refractivity contribution >= 4 is 11.6 Å². The van der Waals surface area contributed by atoms with Crippen LogP contribution in [0.15, 0.2) is 24.3 Å². The van der Waals surface area contributed by atoms with Gasteiger partial charge in [0, 0.05) is 38.2 Å². The van der Waals surface area contributed by atoms with E-state index in [1.165, 1.54) is 0 Å². The summed E-state index contributed by atoms with van der Waals surface area (Å²) >= 11 is 0. The zero-order valence-corrected chi connectivity index (χ0v) is 17.6. The molecule has 7 heteroatoms. The summed E-state index contributed by atoms with van der Waals surface area (Å²) in [6.07, 6.45) is 2.55. The molecule has 0 radical (unpaired) electrons. The summed E-state index contributed by atoms with van der Waals surface area (Å²) in [5.41, 5.74) is 3.71. The minimum atomic E-state index is -0.0782. The maximum Gasteiger partial charge on any atom is 0.270 e. The SMILES string of the molecule is COc1ccccc1N1CCC(NC(=O)c2c3c(nn2C)[C@H](C)O[C@H](C)C3)CC1. The number of ether oxygens (including phenoxy) is 2. The number of para-hydroxylation sites is 2. The van der Waals surface area contributed by atoms with Gasteiger partial charge in [-0.3, -0.25) is 9.48 Å². The molecule has 2 aliphatic rings. The van der Waals surface area contributed by atoms with Crippen molar-refractivity contribution in [2.75, 3.05) is 25.1 Å². The highest BCUT2D eigenvalue weighted by Gasteiger charge is 2.32. The standard InChI is InChI=1S/C22H30N4O3/c1-14-13-17-20(15(2)29-14)24-25(3)21(17)22(27)23-16-9-11-26(12-10-16)18-7-5-6-8-19(18)28-4/h5-8,14-16H,9-13H2,1-4H3,(H,23,27)/t14-,15+/m1/s1. The number of nitrogens with one attached hydrogen (secondary N) is 1. The van der Waals surface area contributed by atoms with Crippen LogP contribution in [0.4, 0.5) is 5.69 Å². The summed E-state index contributed by atoms with van der Waals surface area (Å²) < 4.78 is 13.1. The Morgan fingerprint density at radius 3 is 2.69 bits per heavy atom. The summed E-state index contributed by atoms with van der Waals surface area (Å²) in [6, 6.07) is 8.25.